The van der Waals surface area contributed by atoms with Crippen molar-refractivity contribution in [2.24, 2.45) is 5.73 Å². The van der Waals surface area contributed by atoms with Crippen LogP contribution < -0.4 is 10.5 Å². The molecule has 2 N–H and O–H groups in total. The Morgan fingerprint density at radius 2 is 2.14 bits per heavy atom. The monoisotopic (exact) mass is 291 g/mol. The maximum Gasteiger partial charge on any atom is 0.234 e. The molecule has 0 amide bonds. The van der Waals surface area contributed by atoms with Crippen molar-refractivity contribution in [3.05, 3.63) is 18.3 Å². The summed E-state index contributed by atoms with van der Waals surface area (Å²) in [6.45, 7) is 1.75. The molecule has 3 rings (SSSR count). The van der Waals surface area contributed by atoms with E-state index in [0.29, 0.717) is 43.0 Å². The number of hydrogen-bond acceptors (Lipinski definition) is 8. The average molecular weight is 291 g/mol. The summed E-state index contributed by atoms with van der Waals surface area (Å²) in [6, 6.07) is 1.66. The third-order valence-corrected chi connectivity index (χ3v) is 3.80. The minimum absolute atomic E-state index is 0.305. The Morgan fingerprint density at radius 3 is 2.86 bits per heavy atom. The molecule has 2 aromatic heterocycles. The van der Waals surface area contributed by atoms with Gasteiger partial charge in [-0.25, -0.2) is 9.97 Å². The van der Waals surface area contributed by atoms with Gasteiger partial charge >= 0.3 is 0 Å². The first-order valence-corrected chi connectivity index (χ1v) is 6.76. The first-order chi connectivity index (χ1) is 10.3. The quantitative estimate of drug-likeness (QED) is 0.869. The predicted molar refractivity (Wildman–Crippen MR) is 72.7 cm³/mol. The summed E-state index contributed by atoms with van der Waals surface area (Å²) in [5, 5.41) is 4.00. The van der Waals surface area contributed by atoms with Crippen LogP contribution in [-0.4, -0.2) is 47.0 Å². The lowest BCUT2D eigenvalue weighted by Crippen LogP contribution is -2.40. The van der Waals surface area contributed by atoms with Crippen LogP contribution in [0.25, 0.3) is 11.5 Å². The van der Waals surface area contributed by atoms with E-state index in [1.165, 1.54) is 6.33 Å². The molecule has 2 aromatic rings. The van der Waals surface area contributed by atoms with Crippen LogP contribution in [0.5, 0.6) is 5.88 Å². The fourth-order valence-electron chi connectivity index (χ4n) is 2.38. The normalized spacial score (nSPS) is 17.6. The summed E-state index contributed by atoms with van der Waals surface area (Å²) in [7, 11) is 1.54. The molecule has 1 aliphatic rings. The zero-order valence-electron chi connectivity index (χ0n) is 11.8. The van der Waals surface area contributed by atoms with Crippen molar-refractivity contribution in [1.29, 1.82) is 0 Å². The SMILES string of the molecule is COc1cc(-c2noc(C3(CN)CCOCC3)n2)ncn1. The molecule has 0 spiro atoms. The molecule has 0 saturated carbocycles. The maximum atomic E-state index is 5.93. The number of aromatic nitrogens is 4. The lowest BCUT2D eigenvalue weighted by atomic mass is 9.80. The highest BCUT2D eigenvalue weighted by molar-refractivity contribution is 5.49. The second-order valence-corrected chi connectivity index (χ2v) is 4.97. The van der Waals surface area contributed by atoms with Crippen molar-refractivity contribution in [1.82, 2.24) is 20.1 Å². The summed E-state index contributed by atoms with van der Waals surface area (Å²) in [5.74, 6) is 1.40. The maximum absolute atomic E-state index is 5.93. The molecular formula is C13H17N5O3. The fraction of sp³-hybridized carbons (Fsp3) is 0.538. The predicted octanol–water partition coefficient (Wildman–Crippen LogP) is 0.542. The average Bonchev–Trinajstić information content (AvgIpc) is 3.06. The van der Waals surface area contributed by atoms with Crippen LogP contribution in [0.2, 0.25) is 0 Å². The minimum atomic E-state index is -0.305. The topological polar surface area (TPSA) is 109 Å². The molecule has 3 heterocycles. The van der Waals surface area contributed by atoms with Crippen LogP contribution in [0.1, 0.15) is 18.7 Å². The molecule has 0 aliphatic carbocycles. The molecule has 1 saturated heterocycles. The standard InChI is InChI=1S/C13H17N5O3/c1-19-10-6-9(15-8-16-10)11-17-12(21-18-11)13(7-14)2-4-20-5-3-13/h6,8H,2-5,7,14H2,1H3. The molecule has 8 nitrogen and oxygen atoms in total. The van der Waals surface area contributed by atoms with Crippen LogP contribution in [-0.2, 0) is 10.2 Å². The summed E-state index contributed by atoms with van der Waals surface area (Å²) < 4.78 is 15.9. The van der Waals surface area contributed by atoms with Gasteiger partial charge in [0.2, 0.25) is 17.6 Å². The Morgan fingerprint density at radius 1 is 1.33 bits per heavy atom. The third-order valence-electron chi connectivity index (χ3n) is 3.80. The summed E-state index contributed by atoms with van der Waals surface area (Å²) in [6.07, 6.45) is 2.95. The van der Waals surface area contributed by atoms with E-state index in [9.17, 15) is 0 Å². The van der Waals surface area contributed by atoms with Gasteiger partial charge in [0.05, 0.1) is 12.5 Å². The molecule has 8 heteroatoms. The van der Waals surface area contributed by atoms with E-state index in [1.807, 2.05) is 0 Å². The van der Waals surface area contributed by atoms with E-state index in [2.05, 4.69) is 20.1 Å². The van der Waals surface area contributed by atoms with E-state index in [-0.39, 0.29) is 5.41 Å². The van der Waals surface area contributed by atoms with Crippen molar-refractivity contribution in [3.63, 3.8) is 0 Å². The molecule has 112 valence electrons. The highest BCUT2D eigenvalue weighted by Gasteiger charge is 2.38. The van der Waals surface area contributed by atoms with Crippen molar-refractivity contribution >= 4 is 0 Å². The Balaban J connectivity index is 1.91. The summed E-state index contributed by atoms with van der Waals surface area (Å²) in [5.41, 5.74) is 6.18. The molecular weight excluding hydrogens is 274 g/mol. The largest absolute Gasteiger partial charge is 0.481 e. The van der Waals surface area contributed by atoms with Crippen LogP contribution in [0.3, 0.4) is 0 Å². The van der Waals surface area contributed by atoms with Gasteiger partial charge < -0.3 is 19.7 Å². The molecule has 21 heavy (non-hydrogen) atoms. The van der Waals surface area contributed by atoms with Crippen molar-refractivity contribution in [3.8, 4) is 17.4 Å². The van der Waals surface area contributed by atoms with Gasteiger partial charge in [0.1, 0.15) is 12.0 Å². The van der Waals surface area contributed by atoms with E-state index in [0.717, 1.165) is 12.8 Å². The molecule has 0 radical (unpaired) electrons. The van der Waals surface area contributed by atoms with Gasteiger partial charge in [0.25, 0.3) is 0 Å². The highest BCUT2D eigenvalue weighted by atomic mass is 16.5. The van der Waals surface area contributed by atoms with Crippen molar-refractivity contribution in [2.45, 2.75) is 18.3 Å². The Kier molecular flexibility index (Phi) is 3.80. The van der Waals surface area contributed by atoms with Crippen LogP contribution in [0.15, 0.2) is 16.9 Å². The zero-order valence-corrected chi connectivity index (χ0v) is 11.8. The van der Waals surface area contributed by atoms with E-state index < -0.39 is 0 Å². The second kappa shape index (κ2) is 5.74. The van der Waals surface area contributed by atoms with Gasteiger partial charge in [-0.1, -0.05) is 5.16 Å². The van der Waals surface area contributed by atoms with Gasteiger partial charge in [-0.3, -0.25) is 0 Å². The molecule has 1 fully saturated rings. The van der Waals surface area contributed by atoms with Crippen molar-refractivity contribution in [2.75, 3.05) is 26.9 Å². The number of hydrogen-bond donors (Lipinski definition) is 1. The fourth-order valence-corrected chi connectivity index (χ4v) is 2.38. The van der Waals surface area contributed by atoms with Gasteiger partial charge in [0.15, 0.2) is 0 Å². The summed E-state index contributed by atoms with van der Waals surface area (Å²) in [4.78, 5) is 12.5. The Bertz CT molecular complexity index is 609. The number of nitrogens with two attached hydrogens (primary N) is 1. The number of rotatable bonds is 4. The van der Waals surface area contributed by atoms with Crippen molar-refractivity contribution < 1.29 is 14.0 Å². The van der Waals surface area contributed by atoms with Gasteiger partial charge in [-0.15, -0.1) is 0 Å². The van der Waals surface area contributed by atoms with E-state index in [4.69, 9.17) is 19.7 Å². The first kappa shape index (κ1) is 13.9. The molecule has 0 bridgehead atoms. The highest BCUT2D eigenvalue weighted by Crippen LogP contribution is 2.33. The first-order valence-electron chi connectivity index (χ1n) is 6.76. The third kappa shape index (κ3) is 2.59. The van der Waals surface area contributed by atoms with Crippen LogP contribution in [0.4, 0.5) is 0 Å². The van der Waals surface area contributed by atoms with Gasteiger partial charge in [-0.05, 0) is 12.8 Å². The van der Waals surface area contributed by atoms with Gasteiger partial charge in [0, 0.05) is 25.8 Å². The smallest absolute Gasteiger partial charge is 0.234 e. The molecule has 0 atom stereocenters. The molecule has 0 unspecified atom stereocenters. The lowest BCUT2D eigenvalue weighted by molar-refractivity contribution is 0.0409. The van der Waals surface area contributed by atoms with Gasteiger partial charge in [-0.2, -0.15) is 4.98 Å². The van der Waals surface area contributed by atoms with Crippen LogP contribution >= 0.6 is 0 Å². The second-order valence-electron chi connectivity index (χ2n) is 4.97. The zero-order chi connectivity index (χ0) is 14.7. The Hall–Kier alpha value is -2.06. The number of ether oxygens (including phenoxy) is 2. The van der Waals surface area contributed by atoms with Crippen LogP contribution in [0, 0.1) is 0 Å². The minimum Gasteiger partial charge on any atom is -0.481 e. The molecule has 0 aromatic carbocycles. The van der Waals surface area contributed by atoms with E-state index >= 15 is 0 Å². The van der Waals surface area contributed by atoms with E-state index in [1.54, 1.807) is 13.2 Å². The lowest BCUT2D eigenvalue weighted by Gasteiger charge is -2.32. The summed E-state index contributed by atoms with van der Waals surface area (Å²) >= 11 is 0. The Labute approximate surface area is 121 Å². The number of nitrogens with zero attached hydrogens (tertiary/aromatic N) is 4. The number of methoxy groups -OCH3 is 1. The molecule has 1 aliphatic heterocycles.